The van der Waals surface area contributed by atoms with Gasteiger partial charge in [-0.05, 0) is 24.8 Å². The van der Waals surface area contributed by atoms with Crippen LogP contribution in [-0.2, 0) is 14.3 Å². The third-order valence-electron chi connectivity index (χ3n) is 3.89. The van der Waals surface area contributed by atoms with E-state index in [1.807, 2.05) is 36.4 Å². The predicted molar refractivity (Wildman–Crippen MR) is 95.2 cm³/mol. The molecule has 1 rings (SSSR count). The van der Waals surface area contributed by atoms with E-state index in [1.165, 1.54) is 7.11 Å². The summed E-state index contributed by atoms with van der Waals surface area (Å²) in [6.07, 6.45) is 6.71. The van der Waals surface area contributed by atoms with E-state index in [1.54, 1.807) is 0 Å². The van der Waals surface area contributed by atoms with Crippen LogP contribution in [0.3, 0.4) is 0 Å². The second kappa shape index (κ2) is 11.4. The number of primary amides is 1. The number of ether oxygens (including phenoxy) is 1. The number of unbranched alkanes of at least 4 members (excludes halogenated alkanes) is 4. The molecule has 0 spiro atoms. The summed E-state index contributed by atoms with van der Waals surface area (Å²) in [5.41, 5.74) is 6.16. The minimum atomic E-state index is -0.749. The fraction of sp³-hybridized carbons (Fsp3) is 0.474. The molecule has 0 heterocycles. The Morgan fingerprint density at radius 1 is 1.21 bits per heavy atom. The molecule has 1 aromatic rings. The van der Waals surface area contributed by atoms with E-state index in [0.29, 0.717) is 6.42 Å². The van der Waals surface area contributed by atoms with Gasteiger partial charge < -0.3 is 15.8 Å². The highest BCUT2D eigenvalue weighted by molar-refractivity contribution is 5.89. The highest BCUT2D eigenvalue weighted by Crippen LogP contribution is 2.17. The molecule has 0 aliphatic carbocycles. The maximum Gasteiger partial charge on any atom is 0.254 e. The van der Waals surface area contributed by atoms with Crippen LogP contribution in [0.1, 0.15) is 50.2 Å². The third-order valence-corrected chi connectivity index (χ3v) is 3.89. The van der Waals surface area contributed by atoms with Crippen molar-refractivity contribution in [3.05, 3.63) is 48.6 Å². The zero-order chi connectivity index (χ0) is 17.8. The van der Waals surface area contributed by atoms with Gasteiger partial charge in [0.25, 0.3) is 5.91 Å². The highest BCUT2D eigenvalue weighted by Gasteiger charge is 2.24. The maximum atomic E-state index is 12.4. The van der Waals surface area contributed by atoms with Gasteiger partial charge in [0.1, 0.15) is 6.04 Å². The Labute approximate surface area is 144 Å². The first-order valence-corrected chi connectivity index (χ1v) is 8.38. The number of carbonyl (C=O) groups excluding carboxylic acids is 2. The number of nitrogens with one attached hydrogen (secondary N) is 1. The molecule has 0 fully saturated rings. The van der Waals surface area contributed by atoms with E-state index in [2.05, 4.69) is 11.9 Å². The monoisotopic (exact) mass is 332 g/mol. The Morgan fingerprint density at radius 3 is 2.46 bits per heavy atom. The number of methoxy groups -OCH3 is 1. The van der Waals surface area contributed by atoms with E-state index >= 15 is 0 Å². The lowest BCUT2D eigenvalue weighted by atomic mass is 10.0. The van der Waals surface area contributed by atoms with Gasteiger partial charge in [0.2, 0.25) is 5.91 Å². The van der Waals surface area contributed by atoms with Crippen LogP contribution in [0.25, 0.3) is 0 Å². The second-order valence-corrected chi connectivity index (χ2v) is 5.77. The number of hydrogen-bond acceptors (Lipinski definition) is 3. The average Bonchev–Trinajstić information content (AvgIpc) is 2.58. The van der Waals surface area contributed by atoms with E-state index in [-0.39, 0.29) is 5.91 Å². The van der Waals surface area contributed by atoms with Crippen molar-refractivity contribution in [2.75, 3.05) is 7.11 Å². The van der Waals surface area contributed by atoms with Gasteiger partial charge in [-0.25, -0.2) is 0 Å². The molecule has 3 N–H and O–H groups in total. The van der Waals surface area contributed by atoms with E-state index < -0.39 is 18.1 Å². The first-order valence-electron chi connectivity index (χ1n) is 8.38. The van der Waals surface area contributed by atoms with Crippen LogP contribution in [0.2, 0.25) is 0 Å². The summed E-state index contributed by atoms with van der Waals surface area (Å²) in [5, 5.41) is 2.71. The summed E-state index contributed by atoms with van der Waals surface area (Å²) >= 11 is 0. The van der Waals surface area contributed by atoms with E-state index in [9.17, 15) is 9.59 Å². The van der Waals surface area contributed by atoms with Gasteiger partial charge in [0, 0.05) is 7.11 Å². The molecular weight excluding hydrogens is 304 g/mol. The lowest BCUT2D eigenvalue weighted by molar-refractivity contribution is -0.135. The van der Waals surface area contributed by atoms with Crippen molar-refractivity contribution in [3.63, 3.8) is 0 Å². The molecule has 24 heavy (non-hydrogen) atoms. The molecule has 0 bridgehead atoms. The lowest BCUT2D eigenvalue weighted by Gasteiger charge is -2.20. The number of carbonyl (C=O) groups is 2. The molecule has 0 radical (unpaired) electrons. The summed E-state index contributed by atoms with van der Waals surface area (Å²) in [4.78, 5) is 24.0. The highest BCUT2D eigenvalue weighted by atomic mass is 16.5. The van der Waals surface area contributed by atoms with Crippen molar-refractivity contribution in [2.24, 2.45) is 5.73 Å². The van der Waals surface area contributed by atoms with Crippen LogP contribution < -0.4 is 11.1 Å². The molecule has 0 unspecified atom stereocenters. The SMILES string of the molecule is C=CCCCCCC[C@H](NC(=O)[C@H](OC)c1ccccc1)C(N)=O. The van der Waals surface area contributed by atoms with Gasteiger partial charge in [0.15, 0.2) is 6.10 Å². The summed E-state index contributed by atoms with van der Waals surface area (Å²) in [6.45, 7) is 3.69. The zero-order valence-corrected chi connectivity index (χ0v) is 14.4. The summed E-state index contributed by atoms with van der Waals surface area (Å²) < 4.78 is 5.28. The molecule has 2 atom stereocenters. The molecule has 5 heteroatoms. The summed E-state index contributed by atoms with van der Waals surface area (Å²) in [5.74, 6) is -0.864. The van der Waals surface area contributed by atoms with Crippen molar-refractivity contribution in [3.8, 4) is 0 Å². The molecule has 0 aromatic heterocycles. The Kier molecular flexibility index (Phi) is 9.46. The third kappa shape index (κ3) is 6.96. The van der Waals surface area contributed by atoms with Crippen LogP contribution in [-0.4, -0.2) is 25.0 Å². The van der Waals surface area contributed by atoms with Gasteiger partial charge in [-0.15, -0.1) is 6.58 Å². The topological polar surface area (TPSA) is 81.4 Å². The van der Waals surface area contributed by atoms with Crippen LogP contribution >= 0.6 is 0 Å². The van der Waals surface area contributed by atoms with Crippen LogP contribution in [0.5, 0.6) is 0 Å². The predicted octanol–water partition coefficient (Wildman–Crippen LogP) is 2.87. The normalized spacial score (nSPS) is 13.0. The summed E-state index contributed by atoms with van der Waals surface area (Å²) in [6, 6.07) is 8.50. The number of hydrogen-bond donors (Lipinski definition) is 2. The zero-order valence-electron chi connectivity index (χ0n) is 14.4. The minimum Gasteiger partial charge on any atom is -0.368 e. The minimum absolute atomic E-state index is 0.348. The summed E-state index contributed by atoms with van der Waals surface area (Å²) in [7, 11) is 1.47. The molecule has 0 saturated carbocycles. The van der Waals surface area contributed by atoms with Crippen LogP contribution in [0.15, 0.2) is 43.0 Å². The number of benzene rings is 1. The Balaban J connectivity index is 2.52. The van der Waals surface area contributed by atoms with Gasteiger partial charge in [0.05, 0.1) is 0 Å². The first-order chi connectivity index (χ1) is 11.6. The smallest absolute Gasteiger partial charge is 0.254 e. The second-order valence-electron chi connectivity index (χ2n) is 5.77. The molecule has 132 valence electrons. The maximum absolute atomic E-state index is 12.4. The molecule has 0 aliphatic rings. The van der Waals surface area contributed by atoms with Crippen molar-refractivity contribution in [2.45, 2.75) is 50.7 Å². The molecule has 5 nitrogen and oxygen atoms in total. The number of amides is 2. The van der Waals surface area contributed by atoms with E-state index in [0.717, 1.165) is 37.7 Å². The molecule has 2 amide bonds. The number of rotatable bonds is 12. The van der Waals surface area contributed by atoms with Crippen molar-refractivity contribution < 1.29 is 14.3 Å². The van der Waals surface area contributed by atoms with Gasteiger partial charge in [-0.3, -0.25) is 9.59 Å². The number of allylic oxidation sites excluding steroid dienone is 1. The lowest BCUT2D eigenvalue weighted by Crippen LogP contribution is -2.46. The first kappa shape index (κ1) is 19.9. The molecule has 0 saturated heterocycles. The fourth-order valence-corrected chi connectivity index (χ4v) is 2.55. The quantitative estimate of drug-likeness (QED) is 0.456. The molecule has 0 aliphatic heterocycles. The fourth-order valence-electron chi connectivity index (χ4n) is 2.55. The van der Waals surface area contributed by atoms with E-state index in [4.69, 9.17) is 10.5 Å². The molecular formula is C19H28N2O3. The Morgan fingerprint density at radius 2 is 1.88 bits per heavy atom. The average molecular weight is 332 g/mol. The Hall–Kier alpha value is -2.14. The standard InChI is InChI=1S/C19H28N2O3/c1-3-4-5-6-7-11-14-16(18(20)22)21-19(23)17(24-2)15-12-9-8-10-13-15/h3,8-10,12-13,16-17H,1,4-7,11,14H2,2H3,(H2,20,22)(H,21,23)/t16-,17+/m0/s1. The van der Waals surface area contributed by atoms with Gasteiger partial charge in [-0.2, -0.15) is 0 Å². The van der Waals surface area contributed by atoms with Crippen LogP contribution in [0.4, 0.5) is 0 Å². The largest absolute Gasteiger partial charge is 0.368 e. The van der Waals surface area contributed by atoms with Crippen molar-refractivity contribution in [1.82, 2.24) is 5.32 Å². The van der Waals surface area contributed by atoms with Crippen molar-refractivity contribution >= 4 is 11.8 Å². The number of nitrogens with two attached hydrogens (primary N) is 1. The van der Waals surface area contributed by atoms with Gasteiger partial charge >= 0.3 is 0 Å². The van der Waals surface area contributed by atoms with Gasteiger partial charge in [-0.1, -0.05) is 55.7 Å². The van der Waals surface area contributed by atoms with Crippen LogP contribution in [0, 0.1) is 0 Å². The molecule has 1 aromatic carbocycles. The van der Waals surface area contributed by atoms with Crippen molar-refractivity contribution in [1.29, 1.82) is 0 Å². The Bertz CT molecular complexity index is 517.